The van der Waals surface area contributed by atoms with E-state index in [1.807, 2.05) is 34.1 Å². The Morgan fingerprint density at radius 1 is 0.885 bits per heavy atom. The van der Waals surface area contributed by atoms with E-state index < -0.39 is 0 Å². The van der Waals surface area contributed by atoms with E-state index in [4.69, 9.17) is 4.74 Å². The molecule has 0 radical (unpaired) electrons. The molecule has 0 saturated carbocycles. The second kappa shape index (κ2) is 9.03. The number of nitrogens with zero attached hydrogens (tertiary/aromatic N) is 3. The highest BCUT2D eigenvalue weighted by Gasteiger charge is 2.24. The number of benzene rings is 1. The summed E-state index contributed by atoms with van der Waals surface area (Å²) >= 11 is 0. The molecule has 0 spiro atoms. The van der Waals surface area contributed by atoms with E-state index >= 15 is 0 Å². The first-order valence-electron chi connectivity index (χ1n) is 9.56. The van der Waals surface area contributed by atoms with Gasteiger partial charge in [0.05, 0.1) is 13.5 Å². The van der Waals surface area contributed by atoms with Crippen LogP contribution in [0.5, 0.6) is 5.75 Å². The molecular weight excluding hydrogens is 330 g/mol. The molecule has 26 heavy (non-hydrogen) atoms. The van der Waals surface area contributed by atoms with Crippen molar-refractivity contribution in [2.24, 2.45) is 0 Å². The fraction of sp³-hybridized carbons (Fsp3) is 0.600. The molecular formula is C20H29N3O3. The lowest BCUT2D eigenvalue weighted by atomic mass is 10.1. The van der Waals surface area contributed by atoms with Gasteiger partial charge in [0, 0.05) is 39.1 Å². The molecule has 0 bridgehead atoms. The van der Waals surface area contributed by atoms with E-state index in [0.717, 1.165) is 30.9 Å². The normalized spacial score (nSPS) is 18.2. The number of hydrogen-bond donors (Lipinski definition) is 0. The average Bonchev–Trinajstić information content (AvgIpc) is 3.20. The van der Waals surface area contributed by atoms with Crippen molar-refractivity contribution in [3.8, 4) is 5.75 Å². The quantitative estimate of drug-likeness (QED) is 0.770. The number of hydrogen-bond acceptors (Lipinski definition) is 4. The molecule has 2 saturated heterocycles. The molecule has 6 nitrogen and oxygen atoms in total. The summed E-state index contributed by atoms with van der Waals surface area (Å²) < 4.78 is 5.14. The molecule has 2 amide bonds. The fourth-order valence-corrected chi connectivity index (χ4v) is 3.65. The summed E-state index contributed by atoms with van der Waals surface area (Å²) in [5.41, 5.74) is 0.986. The van der Waals surface area contributed by atoms with Gasteiger partial charge in [-0.25, -0.2) is 0 Å². The molecule has 1 aromatic rings. The summed E-state index contributed by atoms with van der Waals surface area (Å²) in [6.07, 6.45) is 3.50. The van der Waals surface area contributed by atoms with Gasteiger partial charge in [-0.2, -0.15) is 0 Å². The van der Waals surface area contributed by atoms with Gasteiger partial charge in [-0.05, 0) is 43.6 Å². The van der Waals surface area contributed by atoms with Gasteiger partial charge in [0.25, 0.3) is 0 Å². The smallest absolute Gasteiger partial charge is 0.227 e. The van der Waals surface area contributed by atoms with E-state index in [1.165, 1.54) is 12.8 Å². The minimum atomic E-state index is 0.124. The number of ether oxygens (including phenoxy) is 1. The van der Waals surface area contributed by atoms with E-state index in [0.29, 0.717) is 39.0 Å². The van der Waals surface area contributed by atoms with Gasteiger partial charge in [-0.1, -0.05) is 12.1 Å². The Labute approximate surface area is 155 Å². The molecule has 2 heterocycles. The van der Waals surface area contributed by atoms with Crippen LogP contribution >= 0.6 is 0 Å². The summed E-state index contributed by atoms with van der Waals surface area (Å²) in [7, 11) is 1.63. The number of amides is 2. The van der Waals surface area contributed by atoms with Gasteiger partial charge < -0.3 is 19.4 Å². The third kappa shape index (κ3) is 4.97. The Hall–Kier alpha value is -2.08. The van der Waals surface area contributed by atoms with E-state index in [-0.39, 0.29) is 11.8 Å². The largest absolute Gasteiger partial charge is 0.497 e. The number of methoxy groups -OCH3 is 1. The highest BCUT2D eigenvalue weighted by atomic mass is 16.5. The molecule has 2 aliphatic rings. The molecule has 0 atom stereocenters. The van der Waals surface area contributed by atoms with Crippen LogP contribution in [0.2, 0.25) is 0 Å². The first-order valence-corrected chi connectivity index (χ1v) is 9.56. The lowest BCUT2D eigenvalue weighted by Crippen LogP contribution is -2.51. The Bertz CT molecular complexity index is 603. The Morgan fingerprint density at radius 3 is 2.04 bits per heavy atom. The Balaban J connectivity index is 1.40. The van der Waals surface area contributed by atoms with Crippen molar-refractivity contribution in [1.82, 2.24) is 14.7 Å². The molecule has 6 heteroatoms. The van der Waals surface area contributed by atoms with Crippen LogP contribution in [0, 0.1) is 0 Å². The van der Waals surface area contributed by atoms with Crippen LogP contribution in [0.1, 0.15) is 24.8 Å². The minimum absolute atomic E-state index is 0.124. The molecule has 2 fully saturated rings. The molecule has 3 rings (SSSR count). The van der Waals surface area contributed by atoms with Gasteiger partial charge >= 0.3 is 0 Å². The van der Waals surface area contributed by atoms with Crippen LogP contribution in [-0.2, 0) is 16.0 Å². The number of carbonyl (C=O) groups is 2. The highest BCUT2D eigenvalue weighted by Crippen LogP contribution is 2.14. The average molecular weight is 359 g/mol. The van der Waals surface area contributed by atoms with Crippen molar-refractivity contribution >= 4 is 11.8 Å². The number of rotatable bonds is 6. The van der Waals surface area contributed by atoms with Gasteiger partial charge in [0.15, 0.2) is 0 Å². The third-order valence-corrected chi connectivity index (χ3v) is 5.34. The van der Waals surface area contributed by atoms with Crippen molar-refractivity contribution in [2.45, 2.75) is 25.7 Å². The molecule has 0 aromatic heterocycles. The summed E-state index contributed by atoms with van der Waals surface area (Å²) in [6.45, 7) is 5.67. The molecule has 1 aromatic carbocycles. The zero-order chi connectivity index (χ0) is 18.4. The molecule has 2 aliphatic heterocycles. The third-order valence-electron chi connectivity index (χ3n) is 5.34. The van der Waals surface area contributed by atoms with Crippen molar-refractivity contribution in [1.29, 1.82) is 0 Å². The SMILES string of the molecule is COc1ccc(CC(=O)N2CCN(C(=O)CCN3CCCC3)CC2)cc1. The van der Waals surface area contributed by atoms with Crippen LogP contribution in [-0.4, -0.2) is 79.4 Å². The standard InChI is InChI=1S/C20H29N3O3/c1-26-18-6-4-17(5-7-18)16-20(25)23-14-12-22(13-15-23)19(24)8-11-21-9-2-3-10-21/h4-7H,2-3,8-16H2,1H3. The number of likely N-dealkylation sites (tertiary alicyclic amines) is 1. The van der Waals surface area contributed by atoms with E-state index in [2.05, 4.69) is 4.90 Å². The van der Waals surface area contributed by atoms with Gasteiger partial charge in [-0.15, -0.1) is 0 Å². The fourth-order valence-electron chi connectivity index (χ4n) is 3.65. The zero-order valence-corrected chi connectivity index (χ0v) is 15.7. The van der Waals surface area contributed by atoms with Gasteiger partial charge in [0.2, 0.25) is 11.8 Å². The minimum Gasteiger partial charge on any atom is -0.497 e. The number of piperazine rings is 1. The zero-order valence-electron chi connectivity index (χ0n) is 15.7. The topological polar surface area (TPSA) is 53.1 Å². The first kappa shape index (κ1) is 18.7. The molecule has 0 unspecified atom stereocenters. The second-order valence-corrected chi connectivity index (χ2v) is 7.09. The number of carbonyl (C=O) groups excluding carboxylic acids is 2. The van der Waals surface area contributed by atoms with Crippen molar-refractivity contribution in [3.63, 3.8) is 0 Å². The molecule has 0 N–H and O–H groups in total. The van der Waals surface area contributed by atoms with E-state index in [1.54, 1.807) is 7.11 Å². The predicted molar refractivity (Wildman–Crippen MR) is 100 cm³/mol. The lowest BCUT2D eigenvalue weighted by Gasteiger charge is -2.35. The van der Waals surface area contributed by atoms with Gasteiger partial charge in [0.1, 0.15) is 5.75 Å². The highest BCUT2D eigenvalue weighted by molar-refractivity contribution is 5.80. The molecule has 0 aliphatic carbocycles. The van der Waals surface area contributed by atoms with Crippen molar-refractivity contribution in [3.05, 3.63) is 29.8 Å². The predicted octanol–water partition coefficient (Wildman–Crippen LogP) is 1.39. The summed E-state index contributed by atoms with van der Waals surface area (Å²) in [6, 6.07) is 7.60. The summed E-state index contributed by atoms with van der Waals surface area (Å²) in [5, 5.41) is 0. The van der Waals surface area contributed by atoms with Crippen LogP contribution in [0.4, 0.5) is 0 Å². The van der Waals surface area contributed by atoms with Crippen LogP contribution in [0.3, 0.4) is 0 Å². The summed E-state index contributed by atoms with van der Waals surface area (Å²) in [4.78, 5) is 31.0. The van der Waals surface area contributed by atoms with Crippen molar-refractivity contribution < 1.29 is 14.3 Å². The van der Waals surface area contributed by atoms with Crippen LogP contribution < -0.4 is 4.74 Å². The maximum absolute atomic E-state index is 12.5. The Kier molecular flexibility index (Phi) is 6.50. The maximum Gasteiger partial charge on any atom is 0.227 e. The molecule has 142 valence electrons. The first-order chi connectivity index (χ1) is 12.7. The van der Waals surface area contributed by atoms with Crippen LogP contribution in [0.25, 0.3) is 0 Å². The summed E-state index contributed by atoms with van der Waals surface area (Å²) in [5.74, 6) is 1.14. The van der Waals surface area contributed by atoms with Gasteiger partial charge in [-0.3, -0.25) is 9.59 Å². The van der Waals surface area contributed by atoms with Crippen LogP contribution in [0.15, 0.2) is 24.3 Å². The maximum atomic E-state index is 12.5. The second-order valence-electron chi connectivity index (χ2n) is 7.09. The monoisotopic (exact) mass is 359 g/mol. The Morgan fingerprint density at radius 2 is 1.46 bits per heavy atom. The van der Waals surface area contributed by atoms with E-state index in [9.17, 15) is 9.59 Å². The van der Waals surface area contributed by atoms with Crippen molar-refractivity contribution in [2.75, 3.05) is 52.9 Å². The lowest BCUT2D eigenvalue weighted by molar-refractivity contribution is -0.139.